The number of piperazine rings is 1. The van der Waals surface area contributed by atoms with Crippen LogP contribution in [-0.4, -0.2) is 43.9 Å². The lowest BCUT2D eigenvalue weighted by atomic mass is 10.1. The van der Waals surface area contributed by atoms with Crippen LogP contribution in [0.1, 0.15) is 17.3 Å². The summed E-state index contributed by atoms with van der Waals surface area (Å²) in [5, 5.41) is 0.609. The van der Waals surface area contributed by atoms with Gasteiger partial charge in [-0.25, -0.2) is 0 Å². The fourth-order valence-electron chi connectivity index (χ4n) is 2.38. The van der Waals surface area contributed by atoms with Crippen molar-refractivity contribution < 1.29 is 4.79 Å². The first-order valence-electron chi connectivity index (χ1n) is 5.81. The molecule has 1 aromatic rings. The van der Waals surface area contributed by atoms with Gasteiger partial charge in [-0.2, -0.15) is 0 Å². The summed E-state index contributed by atoms with van der Waals surface area (Å²) in [4.78, 5) is 15.7. The van der Waals surface area contributed by atoms with Gasteiger partial charge < -0.3 is 9.80 Å². The first-order valence-corrected chi connectivity index (χ1v) is 6.19. The summed E-state index contributed by atoms with van der Waals surface area (Å²) in [5.41, 5.74) is 1.67. The molecule has 2 rings (SSSR count). The maximum atomic E-state index is 11.1. The third-order valence-electron chi connectivity index (χ3n) is 3.26. The molecule has 0 N–H and O–H groups in total. The molecule has 1 heterocycles. The van der Waals surface area contributed by atoms with E-state index in [1.54, 1.807) is 6.07 Å². The predicted octanol–water partition coefficient (Wildman–Crippen LogP) is 2.29. The third kappa shape index (κ3) is 2.61. The average molecular weight is 253 g/mol. The molecule has 4 heteroatoms. The van der Waals surface area contributed by atoms with Crippen molar-refractivity contribution in [1.82, 2.24) is 4.90 Å². The zero-order chi connectivity index (χ0) is 12.4. The Hall–Kier alpha value is -1.06. The van der Waals surface area contributed by atoms with Crippen LogP contribution in [0, 0.1) is 0 Å². The molecule has 92 valence electrons. The molecule has 0 amide bonds. The molecule has 17 heavy (non-hydrogen) atoms. The van der Waals surface area contributed by atoms with E-state index in [9.17, 15) is 4.79 Å². The van der Waals surface area contributed by atoms with Gasteiger partial charge in [-0.3, -0.25) is 4.79 Å². The van der Waals surface area contributed by atoms with Gasteiger partial charge in [0, 0.05) is 41.9 Å². The van der Waals surface area contributed by atoms with E-state index < -0.39 is 0 Å². The van der Waals surface area contributed by atoms with Gasteiger partial charge in [0.05, 0.1) is 0 Å². The Kier molecular flexibility index (Phi) is 3.69. The van der Waals surface area contributed by atoms with E-state index >= 15 is 0 Å². The van der Waals surface area contributed by atoms with Crippen LogP contribution in [-0.2, 0) is 0 Å². The van der Waals surface area contributed by atoms with E-state index in [-0.39, 0.29) is 0 Å². The van der Waals surface area contributed by atoms with E-state index in [0.29, 0.717) is 16.6 Å². The quantitative estimate of drug-likeness (QED) is 0.755. The predicted molar refractivity (Wildman–Crippen MR) is 71.1 cm³/mol. The highest BCUT2D eigenvalue weighted by atomic mass is 35.5. The molecule has 0 radical (unpaired) electrons. The molecule has 1 aliphatic rings. The summed E-state index contributed by atoms with van der Waals surface area (Å²) < 4.78 is 0. The molecule has 0 aromatic heterocycles. The van der Waals surface area contributed by atoms with Crippen LogP contribution in [0.2, 0.25) is 5.02 Å². The molecule has 1 saturated heterocycles. The molecule has 1 unspecified atom stereocenters. The lowest BCUT2D eigenvalue weighted by molar-refractivity contribution is 0.112. The zero-order valence-corrected chi connectivity index (χ0v) is 10.9. The van der Waals surface area contributed by atoms with E-state index in [4.69, 9.17) is 11.6 Å². The number of rotatable bonds is 2. The molecule has 0 spiro atoms. The molecule has 0 bridgehead atoms. The van der Waals surface area contributed by atoms with E-state index in [2.05, 4.69) is 23.8 Å². The molecule has 1 aromatic carbocycles. The van der Waals surface area contributed by atoms with Crippen LogP contribution in [0.15, 0.2) is 18.2 Å². The van der Waals surface area contributed by atoms with Gasteiger partial charge in [0.15, 0.2) is 6.29 Å². The summed E-state index contributed by atoms with van der Waals surface area (Å²) in [6.45, 7) is 5.16. The maximum absolute atomic E-state index is 11.1. The van der Waals surface area contributed by atoms with Gasteiger partial charge in [-0.1, -0.05) is 11.6 Å². The molecular weight excluding hydrogens is 236 g/mol. The highest BCUT2D eigenvalue weighted by Gasteiger charge is 2.23. The van der Waals surface area contributed by atoms with Crippen LogP contribution >= 0.6 is 11.6 Å². The summed E-state index contributed by atoms with van der Waals surface area (Å²) in [6.07, 6.45) is 0.881. The monoisotopic (exact) mass is 252 g/mol. The topological polar surface area (TPSA) is 23.6 Å². The second kappa shape index (κ2) is 5.07. The Morgan fingerprint density at radius 2 is 2.18 bits per heavy atom. The van der Waals surface area contributed by atoms with E-state index in [1.807, 2.05) is 12.1 Å². The number of nitrogens with zero attached hydrogens (tertiary/aromatic N) is 2. The number of carbonyl (C=O) groups is 1. The van der Waals surface area contributed by atoms with Gasteiger partial charge >= 0.3 is 0 Å². The summed E-state index contributed by atoms with van der Waals surface area (Å²) in [5.74, 6) is 0. The molecule has 1 aliphatic heterocycles. The highest BCUT2D eigenvalue weighted by molar-refractivity contribution is 6.31. The number of hydrogen-bond donors (Lipinski definition) is 0. The second-order valence-corrected chi connectivity index (χ2v) is 5.06. The second-order valence-electron chi connectivity index (χ2n) is 4.63. The fourth-order valence-corrected chi connectivity index (χ4v) is 2.56. The minimum Gasteiger partial charge on any atom is -0.366 e. The molecule has 0 saturated carbocycles. The Morgan fingerprint density at radius 3 is 2.82 bits per heavy atom. The Balaban J connectivity index is 2.30. The first-order chi connectivity index (χ1) is 8.11. The van der Waals surface area contributed by atoms with Gasteiger partial charge in [0.25, 0.3) is 0 Å². The van der Waals surface area contributed by atoms with Crippen molar-refractivity contribution in [3.63, 3.8) is 0 Å². The standard InChI is InChI=1S/C13H17ClN2O/c1-10-8-15(2)5-6-16(10)13-4-3-12(14)7-11(13)9-17/h3-4,7,9-10H,5-6,8H2,1-2H3. The minimum absolute atomic E-state index is 0.411. The number of likely N-dealkylation sites (N-methyl/N-ethyl adjacent to an activating group) is 1. The maximum Gasteiger partial charge on any atom is 0.152 e. The molecule has 1 atom stereocenters. The number of carbonyl (C=O) groups excluding carboxylic acids is 1. The van der Waals surface area contributed by atoms with Gasteiger partial charge in [0.1, 0.15) is 0 Å². The van der Waals surface area contributed by atoms with Crippen LogP contribution in [0.3, 0.4) is 0 Å². The van der Waals surface area contributed by atoms with Crippen molar-refractivity contribution in [3.05, 3.63) is 28.8 Å². The third-order valence-corrected chi connectivity index (χ3v) is 3.49. The van der Waals surface area contributed by atoms with Crippen molar-refractivity contribution in [3.8, 4) is 0 Å². The van der Waals surface area contributed by atoms with Gasteiger partial charge in [0.2, 0.25) is 0 Å². The molecule has 0 aliphatic carbocycles. The first kappa shape index (κ1) is 12.4. The smallest absolute Gasteiger partial charge is 0.152 e. The van der Waals surface area contributed by atoms with Crippen LogP contribution in [0.4, 0.5) is 5.69 Å². The van der Waals surface area contributed by atoms with Crippen LogP contribution in [0.25, 0.3) is 0 Å². The molecular formula is C13H17ClN2O. The zero-order valence-electron chi connectivity index (χ0n) is 10.2. The number of benzene rings is 1. The Bertz CT molecular complexity index is 422. The van der Waals surface area contributed by atoms with Gasteiger partial charge in [-0.15, -0.1) is 0 Å². The van der Waals surface area contributed by atoms with Crippen molar-refractivity contribution in [2.45, 2.75) is 13.0 Å². The number of halogens is 1. The molecule has 3 nitrogen and oxygen atoms in total. The molecule has 1 fully saturated rings. The SMILES string of the molecule is CC1CN(C)CCN1c1ccc(Cl)cc1C=O. The van der Waals surface area contributed by atoms with Crippen molar-refractivity contribution >= 4 is 23.6 Å². The normalized spacial score (nSPS) is 21.6. The Labute approximate surface area is 107 Å². The fraction of sp³-hybridized carbons (Fsp3) is 0.462. The number of anilines is 1. The van der Waals surface area contributed by atoms with Gasteiger partial charge in [-0.05, 0) is 32.2 Å². The van der Waals surface area contributed by atoms with Crippen molar-refractivity contribution in [2.24, 2.45) is 0 Å². The van der Waals surface area contributed by atoms with Crippen molar-refractivity contribution in [2.75, 3.05) is 31.6 Å². The van der Waals surface area contributed by atoms with Crippen LogP contribution < -0.4 is 4.90 Å². The average Bonchev–Trinajstić information content (AvgIpc) is 2.30. The summed E-state index contributed by atoms with van der Waals surface area (Å²) >= 11 is 5.91. The Morgan fingerprint density at radius 1 is 1.41 bits per heavy atom. The highest BCUT2D eigenvalue weighted by Crippen LogP contribution is 2.26. The summed E-state index contributed by atoms with van der Waals surface area (Å²) in [6, 6.07) is 5.92. The van der Waals surface area contributed by atoms with E-state index in [1.165, 1.54) is 0 Å². The number of hydrogen-bond acceptors (Lipinski definition) is 3. The number of aldehydes is 1. The lowest BCUT2D eigenvalue weighted by Crippen LogP contribution is -2.50. The van der Waals surface area contributed by atoms with Crippen molar-refractivity contribution in [1.29, 1.82) is 0 Å². The van der Waals surface area contributed by atoms with Crippen LogP contribution in [0.5, 0.6) is 0 Å². The largest absolute Gasteiger partial charge is 0.366 e. The lowest BCUT2D eigenvalue weighted by Gasteiger charge is -2.40. The van der Waals surface area contributed by atoms with E-state index in [0.717, 1.165) is 31.6 Å². The summed E-state index contributed by atoms with van der Waals surface area (Å²) in [7, 11) is 2.12. The minimum atomic E-state index is 0.411.